The molecule has 0 unspecified atom stereocenters. The topological polar surface area (TPSA) is 89.1 Å². The second-order valence-corrected chi connectivity index (χ2v) is 4.39. The number of hydrogen-bond donors (Lipinski definition) is 2. The highest BCUT2D eigenvalue weighted by Crippen LogP contribution is 2.24. The van der Waals surface area contributed by atoms with Crippen LogP contribution in [0.15, 0.2) is 24.3 Å². The molecule has 0 radical (unpaired) electrons. The first-order valence-electron chi connectivity index (χ1n) is 6.26. The van der Waals surface area contributed by atoms with Gasteiger partial charge in [-0.3, -0.25) is 9.89 Å². The predicted molar refractivity (Wildman–Crippen MR) is 70.2 cm³/mol. The number of aromatic nitrogens is 3. The quantitative estimate of drug-likeness (QED) is 0.883. The molecule has 1 saturated heterocycles. The van der Waals surface area contributed by atoms with E-state index < -0.39 is 0 Å². The number of benzene rings is 1. The molecule has 0 atom stereocenters. The van der Waals surface area contributed by atoms with Crippen molar-refractivity contribution >= 4 is 11.6 Å². The lowest BCUT2D eigenvalue weighted by atomic mass is 10.2. The maximum absolute atomic E-state index is 11.9. The molecule has 2 heterocycles. The van der Waals surface area contributed by atoms with Crippen molar-refractivity contribution < 1.29 is 14.3 Å². The van der Waals surface area contributed by atoms with E-state index in [4.69, 9.17) is 9.47 Å². The van der Waals surface area contributed by atoms with Crippen LogP contribution in [0.2, 0.25) is 0 Å². The Morgan fingerprint density at radius 2 is 2.00 bits per heavy atom. The normalized spacial score (nSPS) is 15.4. The van der Waals surface area contributed by atoms with E-state index in [2.05, 4.69) is 20.5 Å². The third kappa shape index (κ3) is 2.68. The first-order chi connectivity index (χ1) is 9.72. The van der Waals surface area contributed by atoms with Gasteiger partial charge in [-0.15, -0.1) is 5.10 Å². The van der Waals surface area contributed by atoms with Gasteiger partial charge < -0.3 is 14.8 Å². The number of rotatable bonds is 3. The molecule has 2 aromatic rings. The number of carbonyl (C=O) groups is 1. The zero-order valence-corrected chi connectivity index (χ0v) is 10.9. The van der Waals surface area contributed by atoms with Gasteiger partial charge in [-0.05, 0) is 19.1 Å². The zero-order valence-electron chi connectivity index (χ0n) is 10.9. The number of aromatic amines is 1. The van der Waals surface area contributed by atoms with E-state index in [0.29, 0.717) is 24.7 Å². The highest BCUT2D eigenvalue weighted by Gasteiger charge is 2.18. The van der Waals surface area contributed by atoms with Crippen LogP contribution in [0.25, 0.3) is 0 Å². The summed E-state index contributed by atoms with van der Waals surface area (Å²) in [7, 11) is 0. The Bertz CT molecular complexity index is 602. The van der Waals surface area contributed by atoms with Crippen LogP contribution in [0.5, 0.6) is 0 Å². The molecule has 0 aliphatic carbocycles. The summed E-state index contributed by atoms with van der Waals surface area (Å²) in [6.45, 7) is 2.95. The molecule has 104 valence electrons. The molecule has 0 bridgehead atoms. The minimum atomic E-state index is -0.351. The highest BCUT2D eigenvalue weighted by molar-refractivity contribution is 6.01. The molecule has 7 nitrogen and oxygen atoms in total. The number of anilines is 1. The van der Waals surface area contributed by atoms with Crippen molar-refractivity contribution in [1.82, 2.24) is 15.2 Å². The molecule has 7 heteroatoms. The van der Waals surface area contributed by atoms with Gasteiger partial charge >= 0.3 is 0 Å². The Balaban J connectivity index is 1.67. The predicted octanol–water partition coefficient (Wildman–Crippen LogP) is 1.41. The number of amides is 1. The summed E-state index contributed by atoms with van der Waals surface area (Å²) in [6.07, 6.45) is -0.310. The van der Waals surface area contributed by atoms with Crippen molar-refractivity contribution in [1.29, 1.82) is 0 Å². The minimum absolute atomic E-state index is 0.119. The fourth-order valence-electron chi connectivity index (χ4n) is 1.91. The van der Waals surface area contributed by atoms with E-state index in [1.807, 2.05) is 12.1 Å². The Kier molecular flexibility index (Phi) is 3.44. The van der Waals surface area contributed by atoms with E-state index in [-0.39, 0.29) is 18.0 Å². The van der Waals surface area contributed by atoms with Gasteiger partial charge in [-0.25, -0.2) is 4.98 Å². The molecule has 20 heavy (non-hydrogen) atoms. The summed E-state index contributed by atoms with van der Waals surface area (Å²) in [5.74, 6) is 0.366. The van der Waals surface area contributed by atoms with Crippen molar-refractivity contribution in [3.05, 3.63) is 41.5 Å². The summed E-state index contributed by atoms with van der Waals surface area (Å²) in [5, 5.41) is 9.15. The van der Waals surface area contributed by atoms with Gasteiger partial charge in [0.25, 0.3) is 5.91 Å². The first-order valence-corrected chi connectivity index (χ1v) is 6.26. The number of aryl methyl sites for hydroxylation is 1. The first kappa shape index (κ1) is 12.8. The number of hydrogen-bond acceptors (Lipinski definition) is 5. The fraction of sp³-hybridized carbons (Fsp3) is 0.308. The van der Waals surface area contributed by atoms with Crippen molar-refractivity contribution in [2.24, 2.45) is 0 Å². The Morgan fingerprint density at radius 3 is 2.60 bits per heavy atom. The fourth-order valence-corrected chi connectivity index (χ4v) is 1.91. The third-order valence-corrected chi connectivity index (χ3v) is 2.86. The van der Waals surface area contributed by atoms with Gasteiger partial charge in [0.2, 0.25) is 5.82 Å². The lowest BCUT2D eigenvalue weighted by Crippen LogP contribution is -2.13. The van der Waals surface area contributed by atoms with E-state index in [9.17, 15) is 4.79 Å². The molecule has 0 spiro atoms. The number of nitrogens with zero attached hydrogens (tertiary/aromatic N) is 2. The second kappa shape index (κ2) is 5.40. The van der Waals surface area contributed by atoms with Gasteiger partial charge in [0.05, 0.1) is 13.2 Å². The largest absolute Gasteiger partial charge is 0.346 e. The molecular weight excluding hydrogens is 260 g/mol. The van der Waals surface area contributed by atoms with Crippen LogP contribution in [0, 0.1) is 6.92 Å². The smallest absolute Gasteiger partial charge is 0.295 e. The van der Waals surface area contributed by atoms with E-state index in [1.165, 1.54) is 0 Å². The maximum atomic E-state index is 11.9. The van der Waals surface area contributed by atoms with Gasteiger partial charge in [0.1, 0.15) is 5.82 Å². The third-order valence-electron chi connectivity index (χ3n) is 2.86. The molecule has 1 amide bonds. The van der Waals surface area contributed by atoms with Gasteiger partial charge in [-0.1, -0.05) is 12.1 Å². The van der Waals surface area contributed by atoms with Crippen LogP contribution in [-0.2, 0) is 9.47 Å². The summed E-state index contributed by atoms with van der Waals surface area (Å²) >= 11 is 0. The number of carbonyl (C=O) groups excluding carboxylic acids is 1. The summed E-state index contributed by atoms with van der Waals surface area (Å²) < 4.78 is 10.8. The SMILES string of the molecule is Cc1nc(C(=O)Nc2ccc(C3OCCO3)cc2)n[nH]1. The van der Waals surface area contributed by atoms with Crippen molar-refractivity contribution in [3.8, 4) is 0 Å². The molecule has 0 saturated carbocycles. The van der Waals surface area contributed by atoms with Crippen molar-refractivity contribution in [2.75, 3.05) is 18.5 Å². The van der Waals surface area contributed by atoms with E-state index >= 15 is 0 Å². The summed E-state index contributed by atoms with van der Waals surface area (Å²) in [5.41, 5.74) is 1.59. The lowest BCUT2D eigenvalue weighted by Gasteiger charge is -2.10. The zero-order chi connectivity index (χ0) is 13.9. The highest BCUT2D eigenvalue weighted by atomic mass is 16.7. The molecule has 1 aliphatic heterocycles. The second-order valence-electron chi connectivity index (χ2n) is 4.39. The van der Waals surface area contributed by atoms with Crippen LogP contribution < -0.4 is 5.32 Å². The summed E-state index contributed by atoms with van der Waals surface area (Å²) in [4.78, 5) is 15.8. The average molecular weight is 274 g/mol. The number of nitrogens with one attached hydrogen (secondary N) is 2. The van der Waals surface area contributed by atoms with Crippen LogP contribution in [-0.4, -0.2) is 34.3 Å². The number of ether oxygens (including phenoxy) is 2. The van der Waals surface area contributed by atoms with Crippen LogP contribution in [0.3, 0.4) is 0 Å². The molecule has 3 rings (SSSR count). The Labute approximate surface area is 115 Å². The standard InChI is InChI=1S/C13H14N4O3/c1-8-14-11(17-16-8)12(18)15-10-4-2-9(3-5-10)13-19-6-7-20-13/h2-5,13H,6-7H2,1H3,(H,15,18)(H,14,16,17). The molecule has 2 N–H and O–H groups in total. The van der Waals surface area contributed by atoms with E-state index in [0.717, 1.165) is 5.56 Å². The molecule has 1 aliphatic rings. The average Bonchev–Trinajstić information content (AvgIpc) is 3.10. The van der Waals surface area contributed by atoms with Crippen molar-refractivity contribution in [2.45, 2.75) is 13.2 Å². The van der Waals surface area contributed by atoms with Crippen molar-refractivity contribution in [3.63, 3.8) is 0 Å². The van der Waals surface area contributed by atoms with Gasteiger partial charge in [0.15, 0.2) is 6.29 Å². The van der Waals surface area contributed by atoms with Crippen LogP contribution in [0.4, 0.5) is 5.69 Å². The lowest BCUT2D eigenvalue weighted by molar-refractivity contribution is -0.0441. The minimum Gasteiger partial charge on any atom is -0.346 e. The monoisotopic (exact) mass is 274 g/mol. The van der Waals surface area contributed by atoms with E-state index in [1.54, 1.807) is 19.1 Å². The molecule has 1 aromatic carbocycles. The Hall–Kier alpha value is -2.25. The maximum Gasteiger partial charge on any atom is 0.295 e. The van der Waals surface area contributed by atoms with Crippen LogP contribution >= 0.6 is 0 Å². The van der Waals surface area contributed by atoms with Gasteiger partial charge in [0, 0.05) is 11.3 Å². The van der Waals surface area contributed by atoms with Crippen LogP contribution in [0.1, 0.15) is 28.3 Å². The molecular formula is C13H14N4O3. The molecule has 1 fully saturated rings. The molecule has 1 aromatic heterocycles. The summed E-state index contributed by atoms with van der Waals surface area (Å²) in [6, 6.07) is 7.29. The van der Waals surface area contributed by atoms with Gasteiger partial charge in [-0.2, -0.15) is 0 Å². The Morgan fingerprint density at radius 1 is 1.30 bits per heavy atom. The number of H-pyrrole nitrogens is 1.